The standard InChI is InChI=1S/C26H33N3O6S/c1-17(2)24(26(30)31)29(36(32,33)28(5)6)15-20-8-7-9-22(14-20)34-16-23-19(4)35-25(27-23)21-12-10-18(3)11-13-21/h7-14,17,24H,15-16H2,1-6H3,(H,30,31)/t24-/m0/s1. The summed E-state index contributed by atoms with van der Waals surface area (Å²) >= 11 is 0. The number of oxazole rings is 1. The Balaban J connectivity index is 1.80. The first kappa shape index (κ1) is 27.4. The Bertz CT molecular complexity index is 1300. The van der Waals surface area contributed by atoms with E-state index in [0.29, 0.717) is 28.7 Å². The summed E-state index contributed by atoms with van der Waals surface area (Å²) in [4.78, 5) is 16.5. The summed E-state index contributed by atoms with van der Waals surface area (Å²) in [6.07, 6.45) is 0. The molecule has 1 atom stereocenters. The summed E-state index contributed by atoms with van der Waals surface area (Å²) in [5.41, 5.74) is 3.27. The molecule has 0 saturated heterocycles. The van der Waals surface area contributed by atoms with Gasteiger partial charge < -0.3 is 14.3 Å². The molecule has 3 aromatic rings. The maximum Gasteiger partial charge on any atom is 0.322 e. The van der Waals surface area contributed by atoms with Crippen LogP contribution < -0.4 is 4.74 Å². The number of aryl methyl sites for hydroxylation is 2. The predicted octanol–water partition coefficient (Wildman–Crippen LogP) is 4.26. The van der Waals surface area contributed by atoms with Crippen LogP contribution in [-0.2, 0) is 28.2 Å². The van der Waals surface area contributed by atoms with Crippen molar-refractivity contribution in [3.05, 3.63) is 71.1 Å². The molecule has 0 spiro atoms. The SMILES string of the molecule is Cc1ccc(-c2nc(COc3cccc(CN([C@H](C(=O)O)C(C)C)S(=O)(=O)N(C)C)c3)c(C)o2)cc1. The first-order valence-electron chi connectivity index (χ1n) is 11.6. The van der Waals surface area contributed by atoms with Crippen LogP contribution in [0.3, 0.4) is 0 Å². The van der Waals surface area contributed by atoms with E-state index < -0.39 is 28.1 Å². The fraction of sp³-hybridized carbons (Fsp3) is 0.385. The largest absolute Gasteiger partial charge is 0.487 e. The molecule has 0 bridgehead atoms. The fourth-order valence-electron chi connectivity index (χ4n) is 3.72. The smallest absolute Gasteiger partial charge is 0.322 e. The molecule has 194 valence electrons. The third-order valence-corrected chi connectivity index (χ3v) is 7.63. The Morgan fingerprint density at radius 2 is 1.78 bits per heavy atom. The number of aromatic nitrogens is 1. The van der Waals surface area contributed by atoms with Crippen LogP contribution in [0.5, 0.6) is 5.75 Å². The number of aliphatic carboxylic acids is 1. The van der Waals surface area contributed by atoms with Gasteiger partial charge in [0.15, 0.2) is 0 Å². The number of hydrogen-bond donors (Lipinski definition) is 1. The topological polar surface area (TPSA) is 113 Å². The molecule has 2 aromatic carbocycles. The van der Waals surface area contributed by atoms with Gasteiger partial charge in [-0.3, -0.25) is 4.79 Å². The number of hydrogen-bond acceptors (Lipinski definition) is 6. The van der Waals surface area contributed by atoms with Crippen molar-refractivity contribution in [3.63, 3.8) is 0 Å². The van der Waals surface area contributed by atoms with Gasteiger partial charge in [-0.25, -0.2) is 4.98 Å². The summed E-state index contributed by atoms with van der Waals surface area (Å²) in [7, 11) is -1.24. The van der Waals surface area contributed by atoms with Crippen molar-refractivity contribution in [3.8, 4) is 17.2 Å². The maximum absolute atomic E-state index is 13.0. The van der Waals surface area contributed by atoms with Gasteiger partial charge in [0.1, 0.15) is 29.9 Å². The van der Waals surface area contributed by atoms with Crippen LogP contribution in [-0.4, -0.2) is 53.2 Å². The van der Waals surface area contributed by atoms with E-state index in [1.54, 1.807) is 38.1 Å². The highest BCUT2D eigenvalue weighted by Gasteiger charge is 2.38. The summed E-state index contributed by atoms with van der Waals surface area (Å²) < 4.78 is 39.8. The van der Waals surface area contributed by atoms with Crippen LogP contribution in [0.4, 0.5) is 0 Å². The second kappa shape index (κ2) is 11.2. The molecule has 0 unspecified atom stereocenters. The number of nitrogens with zero attached hydrogens (tertiary/aromatic N) is 3. The van der Waals surface area contributed by atoms with Gasteiger partial charge in [-0.15, -0.1) is 0 Å². The lowest BCUT2D eigenvalue weighted by Gasteiger charge is -2.32. The molecule has 3 rings (SSSR count). The van der Waals surface area contributed by atoms with Crippen molar-refractivity contribution in [1.82, 2.24) is 13.6 Å². The molecule has 0 saturated carbocycles. The first-order chi connectivity index (χ1) is 16.9. The third-order valence-electron chi connectivity index (χ3n) is 5.76. The number of ether oxygens (including phenoxy) is 1. The van der Waals surface area contributed by atoms with E-state index in [1.807, 2.05) is 38.1 Å². The number of rotatable bonds is 11. The monoisotopic (exact) mass is 515 g/mol. The molecule has 10 heteroatoms. The van der Waals surface area contributed by atoms with Crippen molar-refractivity contribution >= 4 is 16.2 Å². The molecule has 0 aliphatic rings. The van der Waals surface area contributed by atoms with Crippen molar-refractivity contribution in [2.24, 2.45) is 5.92 Å². The Hall–Kier alpha value is -3.21. The average Bonchev–Trinajstić information content (AvgIpc) is 3.17. The summed E-state index contributed by atoms with van der Waals surface area (Å²) in [6, 6.07) is 13.6. The van der Waals surface area contributed by atoms with Crippen molar-refractivity contribution in [1.29, 1.82) is 0 Å². The van der Waals surface area contributed by atoms with Crippen molar-refractivity contribution in [2.45, 2.75) is 46.9 Å². The van der Waals surface area contributed by atoms with E-state index in [4.69, 9.17) is 9.15 Å². The molecule has 1 aromatic heterocycles. The Labute approximate surface area is 212 Å². The van der Waals surface area contributed by atoms with Gasteiger partial charge in [0.25, 0.3) is 10.2 Å². The number of carboxylic acids is 1. The highest BCUT2D eigenvalue weighted by atomic mass is 32.2. The van der Waals surface area contributed by atoms with Crippen LogP contribution in [0.1, 0.15) is 36.4 Å². The molecule has 0 aliphatic carbocycles. The summed E-state index contributed by atoms with van der Waals surface area (Å²) in [5, 5.41) is 9.76. The third kappa shape index (κ3) is 6.31. The Kier molecular flexibility index (Phi) is 8.55. The molecule has 0 fully saturated rings. The van der Waals surface area contributed by atoms with Crippen LogP contribution in [0.2, 0.25) is 0 Å². The highest BCUT2D eigenvalue weighted by molar-refractivity contribution is 7.86. The zero-order valence-electron chi connectivity index (χ0n) is 21.4. The molecule has 0 radical (unpaired) electrons. The van der Waals surface area contributed by atoms with E-state index in [9.17, 15) is 18.3 Å². The van der Waals surface area contributed by atoms with Gasteiger partial charge in [-0.2, -0.15) is 17.0 Å². The summed E-state index contributed by atoms with van der Waals surface area (Å²) in [6.45, 7) is 7.24. The first-order valence-corrected chi connectivity index (χ1v) is 13.0. The Morgan fingerprint density at radius 1 is 1.11 bits per heavy atom. The number of benzene rings is 2. The molecule has 0 amide bonds. The van der Waals surface area contributed by atoms with E-state index in [-0.39, 0.29) is 13.2 Å². The van der Waals surface area contributed by atoms with Crippen molar-refractivity contribution < 1.29 is 27.5 Å². The second-order valence-electron chi connectivity index (χ2n) is 9.19. The molecule has 0 aliphatic heterocycles. The molecule has 1 N–H and O–H groups in total. The molecular formula is C26H33N3O6S. The van der Waals surface area contributed by atoms with Crippen LogP contribution in [0, 0.1) is 19.8 Å². The Morgan fingerprint density at radius 3 is 2.36 bits per heavy atom. The van der Waals surface area contributed by atoms with E-state index >= 15 is 0 Å². The second-order valence-corrected chi connectivity index (χ2v) is 11.3. The zero-order chi connectivity index (χ0) is 26.6. The van der Waals surface area contributed by atoms with Gasteiger partial charge in [0.05, 0.1) is 0 Å². The molecule has 9 nitrogen and oxygen atoms in total. The van der Waals surface area contributed by atoms with Gasteiger partial charge >= 0.3 is 5.97 Å². The minimum Gasteiger partial charge on any atom is -0.487 e. The van der Waals surface area contributed by atoms with Crippen LogP contribution >= 0.6 is 0 Å². The van der Waals surface area contributed by atoms with E-state index in [2.05, 4.69) is 4.98 Å². The number of carboxylic acid groups (broad SMARTS) is 1. The molecular weight excluding hydrogens is 482 g/mol. The molecule has 1 heterocycles. The quantitative estimate of drug-likeness (QED) is 0.406. The van der Waals surface area contributed by atoms with Crippen LogP contribution in [0.15, 0.2) is 52.9 Å². The van der Waals surface area contributed by atoms with Crippen molar-refractivity contribution in [2.75, 3.05) is 14.1 Å². The lowest BCUT2D eigenvalue weighted by atomic mass is 10.0. The maximum atomic E-state index is 13.0. The average molecular weight is 516 g/mol. The van der Waals surface area contributed by atoms with Crippen LogP contribution in [0.25, 0.3) is 11.5 Å². The lowest BCUT2D eigenvalue weighted by Crippen LogP contribution is -2.51. The zero-order valence-corrected chi connectivity index (χ0v) is 22.2. The lowest BCUT2D eigenvalue weighted by molar-refractivity contribution is -0.143. The van der Waals surface area contributed by atoms with Gasteiger partial charge in [-0.05, 0) is 49.6 Å². The summed E-state index contributed by atoms with van der Waals surface area (Å²) in [5.74, 6) is 0.0256. The normalized spacial score (nSPS) is 12.9. The minimum absolute atomic E-state index is 0.118. The van der Waals surface area contributed by atoms with E-state index in [1.165, 1.54) is 14.1 Å². The van der Waals surface area contributed by atoms with Gasteiger partial charge in [0.2, 0.25) is 5.89 Å². The number of carbonyl (C=O) groups is 1. The highest BCUT2D eigenvalue weighted by Crippen LogP contribution is 2.25. The van der Waals surface area contributed by atoms with Gasteiger partial charge in [-0.1, -0.05) is 43.7 Å². The predicted molar refractivity (Wildman–Crippen MR) is 137 cm³/mol. The van der Waals surface area contributed by atoms with E-state index in [0.717, 1.165) is 19.7 Å². The molecule has 36 heavy (non-hydrogen) atoms. The fourth-order valence-corrected chi connectivity index (χ4v) is 5.07. The minimum atomic E-state index is -4.00. The van der Waals surface area contributed by atoms with Gasteiger partial charge in [0, 0.05) is 26.2 Å².